The highest BCUT2D eigenvalue weighted by Gasteiger charge is 2.48. The standard InChI is InChI=1S/C13H21NO4/c1-2-16-11-9-10(11)12(15)14-5-3-13(4-6-14)17-7-8-18-13/h10-11H,2-9H2,1H3/t10-,11-/m0/s1. The van der Waals surface area contributed by atoms with E-state index in [-0.39, 0.29) is 23.7 Å². The predicted molar refractivity (Wildman–Crippen MR) is 64.0 cm³/mol. The molecule has 5 heteroatoms. The fourth-order valence-electron chi connectivity index (χ4n) is 2.92. The third kappa shape index (κ3) is 2.27. The highest BCUT2D eigenvalue weighted by molar-refractivity contribution is 5.82. The van der Waals surface area contributed by atoms with Crippen LogP contribution in [-0.4, -0.2) is 55.6 Å². The van der Waals surface area contributed by atoms with Crippen LogP contribution in [0.15, 0.2) is 0 Å². The lowest BCUT2D eigenvalue weighted by atomic mass is 10.0. The van der Waals surface area contributed by atoms with E-state index in [1.165, 1.54) is 0 Å². The smallest absolute Gasteiger partial charge is 0.228 e. The van der Waals surface area contributed by atoms with E-state index in [1.807, 2.05) is 11.8 Å². The molecule has 2 heterocycles. The number of carbonyl (C=O) groups excluding carboxylic acids is 1. The maximum absolute atomic E-state index is 12.2. The molecule has 2 atom stereocenters. The predicted octanol–water partition coefficient (Wildman–Crippen LogP) is 0.777. The zero-order chi connectivity index (χ0) is 12.6. The van der Waals surface area contributed by atoms with Gasteiger partial charge in [0.1, 0.15) is 0 Å². The fraction of sp³-hybridized carbons (Fsp3) is 0.923. The van der Waals surface area contributed by atoms with Gasteiger partial charge in [-0.1, -0.05) is 0 Å². The molecule has 102 valence electrons. The number of ether oxygens (including phenoxy) is 3. The number of nitrogens with zero attached hydrogens (tertiary/aromatic N) is 1. The summed E-state index contributed by atoms with van der Waals surface area (Å²) in [5.74, 6) is -0.0367. The highest BCUT2D eigenvalue weighted by Crippen LogP contribution is 2.38. The van der Waals surface area contributed by atoms with E-state index in [0.717, 1.165) is 32.4 Å². The Morgan fingerprint density at radius 1 is 1.33 bits per heavy atom. The van der Waals surface area contributed by atoms with Gasteiger partial charge in [0.05, 0.1) is 25.2 Å². The molecule has 0 aromatic rings. The van der Waals surface area contributed by atoms with Gasteiger partial charge in [0.15, 0.2) is 5.79 Å². The number of likely N-dealkylation sites (tertiary alicyclic amines) is 1. The molecule has 3 rings (SSSR count). The lowest BCUT2D eigenvalue weighted by molar-refractivity contribution is -0.187. The van der Waals surface area contributed by atoms with Crippen molar-refractivity contribution in [3.05, 3.63) is 0 Å². The summed E-state index contributed by atoms with van der Waals surface area (Å²) in [6, 6.07) is 0. The number of amides is 1. The van der Waals surface area contributed by atoms with Crippen molar-refractivity contribution >= 4 is 5.91 Å². The summed E-state index contributed by atoms with van der Waals surface area (Å²) in [7, 11) is 0. The van der Waals surface area contributed by atoms with Crippen molar-refractivity contribution < 1.29 is 19.0 Å². The summed E-state index contributed by atoms with van der Waals surface area (Å²) in [6.07, 6.45) is 2.65. The van der Waals surface area contributed by atoms with Crippen LogP contribution in [0.1, 0.15) is 26.2 Å². The van der Waals surface area contributed by atoms with Crippen molar-refractivity contribution in [2.24, 2.45) is 5.92 Å². The lowest BCUT2D eigenvalue weighted by Crippen LogP contribution is -2.48. The molecule has 1 aliphatic carbocycles. The molecule has 0 radical (unpaired) electrons. The first-order valence-corrected chi connectivity index (χ1v) is 6.92. The first kappa shape index (κ1) is 12.4. The number of piperidine rings is 1. The minimum absolute atomic E-state index is 0.101. The van der Waals surface area contributed by atoms with Crippen LogP contribution in [0, 0.1) is 5.92 Å². The molecule has 0 N–H and O–H groups in total. The maximum Gasteiger partial charge on any atom is 0.228 e. The molecule has 0 bridgehead atoms. The van der Waals surface area contributed by atoms with Crippen LogP contribution in [0.25, 0.3) is 0 Å². The third-order valence-corrected chi connectivity index (χ3v) is 4.08. The van der Waals surface area contributed by atoms with E-state index in [9.17, 15) is 4.79 Å². The van der Waals surface area contributed by atoms with Gasteiger partial charge >= 0.3 is 0 Å². The Morgan fingerprint density at radius 3 is 2.61 bits per heavy atom. The SMILES string of the molecule is CCO[C@H]1C[C@@H]1C(=O)N1CCC2(CC1)OCCO2. The van der Waals surface area contributed by atoms with E-state index in [0.29, 0.717) is 19.8 Å². The van der Waals surface area contributed by atoms with Gasteiger partial charge < -0.3 is 19.1 Å². The molecule has 2 saturated heterocycles. The molecule has 1 spiro atoms. The average molecular weight is 255 g/mol. The van der Waals surface area contributed by atoms with E-state index in [2.05, 4.69) is 0 Å². The molecule has 0 aromatic heterocycles. The largest absolute Gasteiger partial charge is 0.378 e. The van der Waals surface area contributed by atoms with Crippen LogP contribution in [0.4, 0.5) is 0 Å². The molecule has 0 unspecified atom stereocenters. The summed E-state index contributed by atoms with van der Waals surface area (Å²) in [5.41, 5.74) is 0. The number of hydrogen-bond donors (Lipinski definition) is 0. The van der Waals surface area contributed by atoms with Gasteiger partial charge in [0.2, 0.25) is 5.91 Å². The van der Waals surface area contributed by atoms with Crippen molar-refractivity contribution in [3.63, 3.8) is 0 Å². The Balaban J connectivity index is 1.49. The Morgan fingerprint density at radius 2 is 2.00 bits per heavy atom. The Hall–Kier alpha value is -0.650. The van der Waals surface area contributed by atoms with Gasteiger partial charge in [-0.2, -0.15) is 0 Å². The van der Waals surface area contributed by atoms with Crippen LogP contribution >= 0.6 is 0 Å². The van der Waals surface area contributed by atoms with Gasteiger partial charge in [-0.25, -0.2) is 0 Å². The van der Waals surface area contributed by atoms with Crippen molar-refractivity contribution in [1.29, 1.82) is 0 Å². The molecular weight excluding hydrogens is 234 g/mol. The number of carbonyl (C=O) groups is 1. The van der Waals surface area contributed by atoms with E-state index in [4.69, 9.17) is 14.2 Å². The average Bonchev–Trinajstić information content (AvgIpc) is 3.02. The fourth-order valence-corrected chi connectivity index (χ4v) is 2.92. The molecule has 3 fully saturated rings. The van der Waals surface area contributed by atoms with Gasteiger partial charge in [-0.3, -0.25) is 4.79 Å². The summed E-state index contributed by atoms with van der Waals surface area (Å²) >= 11 is 0. The first-order chi connectivity index (χ1) is 8.74. The quantitative estimate of drug-likeness (QED) is 0.747. The minimum Gasteiger partial charge on any atom is -0.378 e. The van der Waals surface area contributed by atoms with Crippen LogP contribution in [0.5, 0.6) is 0 Å². The van der Waals surface area contributed by atoms with Crippen molar-refractivity contribution in [2.75, 3.05) is 32.9 Å². The summed E-state index contributed by atoms with van der Waals surface area (Å²) in [5, 5.41) is 0. The highest BCUT2D eigenvalue weighted by atomic mass is 16.7. The van der Waals surface area contributed by atoms with Crippen molar-refractivity contribution in [3.8, 4) is 0 Å². The van der Waals surface area contributed by atoms with Crippen LogP contribution in [0.3, 0.4) is 0 Å². The van der Waals surface area contributed by atoms with Gasteiger partial charge in [-0.05, 0) is 13.3 Å². The maximum atomic E-state index is 12.2. The topological polar surface area (TPSA) is 48.0 Å². The first-order valence-electron chi connectivity index (χ1n) is 6.92. The Bertz CT molecular complexity index is 317. The zero-order valence-corrected chi connectivity index (χ0v) is 10.9. The second-order valence-corrected chi connectivity index (χ2v) is 5.27. The number of hydrogen-bond acceptors (Lipinski definition) is 4. The van der Waals surface area contributed by atoms with Crippen LogP contribution < -0.4 is 0 Å². The van der Waals surface area contributed by atoms with Crippen LogP contribution in [-0.2, 0) is 19.0 Å². The van der Waals surface area contributed by atoms with Crippen LogP contribution in [0.2, 0.25) is 0 Å². The van der Waals surface area contributed by atoms with Crippen molar-refractivity contribution in [1.82, 2.24) is 4.90 Å². The molecule has 1 amide bonds. The second-order valence-electron chi connectivity index (χ2n) is 5.27. The van der Waals surface area contributed by atoms with E-state index >= 15 is 0 Å². The Labute approximate surface area is 107 Å². The van der Waals surface area contributed by atoms with E-state index < -0.39 is 0 Å². The van der Waals surface area contributed by atoms with Gasteiger partial charge in [-0.15, -0.1) is 0 Å². The molecule has 0 aromatic carbocycles. The van der Waals surface area contributed by atoms with Crippen molar-refractivity contribution in [2.45, 2.75) is 38.1 Å². The van der Waals surface area contributed by atoms with Gasteiger partial charge in [0.25, 0.3) is 0 Å². The molecule has 1 saturated carbocycles. The third-order valence-electron chi connectivity index (χ3n) is 4.08. The Kier molecular flexibility index (Phi) is 3.30. The van der Waals surface area contributed by atoms with Gasteiger partial charge in [0, 0.05) is 32.5 Å². The zero-order valence-electron chi connectivity index (χ0n) is 10.9. The molecule has 5 nitrogen and oxygen atoms in total. The summed E-state index contributed by atoms with van der Waals surface area (Å²) in [4.78, 5) is 14.2. The van der Waals surface area contributed by atoms with E-state index in [1.54, 1.807) is 0 Å². The molecular formula is C13H21NO4. The summed E-state index contributed by atoms with van der Waals surface area (Å²) in [6.45, 7) is 5.52. The molecule has 3 aliphatic rings. The molecule has 2 aliphatic heterocycles. The minimum atomic E-state index is -0.389. The molecule has 18 heavy (non-hydrogen) atoms. The number of rotatable bonds is 3. The monoisotopic (exact) mass is 255 g/mol. The second kappa shape index (κ2) is 4.79. The lowest BCUT2D eigenvalue weighted by Gasteiger charge is -2.37. The summed E-state index contributed by atoms with van der Waals surface area (Å²) < 4.78 is 16.8. The normalized spacial score (nSPS) is 33.9.